The van der Waals surface area contributed by atoms with Gasteiger partial charge < -0.3 is 19.1 Å². The fraction of sp³-hybridized carbons (Fsp3) is 0.464. The van der Waals surface area contributed by atoms with Gasteiger partial charge in [0.15, 0.2) is 18.2 Å². The van der Waals surface area contributed by atoms with Gasteiger partial charge in [-0.25, -0.2) is 8.96 Å². The Morgan fingerprint density at radius 1 is 1.30 bits per heavy atom. The van der Waals surface area contributed by atoms with Gasteiger partial charge in [0.1, 0.15) is 17.9 Å². The van der Waals surface area contributed by atoms with Crippen molar-refractivity contribution in [1.29, 1.82) is 0 Å². The van der Waals surface area contributed by atoms with Gasteiger partial charge in [-0.2, -0.15) is 5.09 Å². The Morgan fingerprint density at radius 3 is 2.68 bits per heavy atom. The molecule has 0 saturated carbocycles. The quantitative estimate of drug-likeness (QED) is 0.0902. The topological polar surface area (TPSA) is 189 Å². The Kier molecular flexibility index (Phi) is 9.79. The van der Waals surface area contributed by atoms with Crippen molar-refractivity contribution in [2.24, 2.45) is 10.5 Å². The Balaban J connectivity index is 1.64. The number of nitrogens with zero attached hydrogens (tertiary/aromatic N) is 4. The number of ketones is 1. The first-order chi connectivity index (χ1) is 20.7. The number of ether oxygens (including phenoxy) is 2. The van der Waals surface area contributed by atoms with E-state index in [-0.39, 0.29) is 17.8 Å². The highest BCUT2D eigenvalue weighted by Crippen LogP contribution is 2.49. The molecule has 1 fully saturated rings. The summed E-state index contributed by atoms with van der Waals surface area (Å²) in [6.07, 6.45) is -4.89. The minimum atomic E-state index is -4.64. The number of azide groups is 1. The molecule has 2 aliphatic rings. The van der Waals surface area contributed by atoms with Gasteiger partial charge in [0.2, 0.25) is 11.6 Å². The molecule has 2 aliphatic heterocycles. The summed E-state index contributed by atoms with van der Waals surface area (Å²) in [6.45, 7) is 5.94. The monoisotopic (exact) mass is 633 g/mol. The van der Waals surface area contributed by atoms with E-state index in [1.807, 2.05) is 20.8 Å². The number of benzene rings is 2. The third-order valence-corrected chi connectivity index (χ3v) is 8.26. The van der Waals surface area contributed by atoms with E-state index in [9.17, 15) is 29.6 Å². The summed E-state index contributed by atoms with van der Waals surface area (Å²) in [7, 11) is -4.64. The number of allylic oxidation sites excluding steroid dienone is 1. The molecule has 0 spiro atoms. The highest BCUT2D eigenvalue weighted by molar-refractivity contribution is 7.52. The summed E-state index contributed by atoms with van der Waals surface area (Å²) in [5.74, 6) is -2.02. The maximum atomic E-state index is 15.4. The second-order valence-electron chi connectivity index (χ2n) is 11.6. The number of hydrogen-bond acceptors (Lipinski definition) is 10. The third kappa shape index (κ3) is 7.44. The normalized spacial score (nSPS) is 25.8. The molecule has 0 radical (unpaired) electrons. The van der Waals surface area contributed by atoms with Crippen molar-refractivity contribution < 1.29 is 47.0 Å². The molecular formula is C28H33FN5O9P. The van der Waals surface area contributed by atoms with Gasteiger partial charge in [-0.15, -0.1) is 0 Å². The van der Waals surface area contributed by atoms with Gasteiger partial charge >= 0.3 is 13.7 Å². The van der Waals surface area contributed by atoms with Crippen LogP contribution in [0.1, 0.15) is 34.1 Å². The van der Waals surface area contributed by atoms with Crippen LogP contribution < -0.4 is 9.61 Å². The second-order valence-corrected chi connectivity index (χ2v) is 13.2. The number of alkyl halides is 1. The number of rotatable bonds is 11. The fourth-order valence-corrected chi connectivity index (χ4v) is 5.95. The molecule has 6 atom stereocenters. The van der Waals surface area contributed by atoms with Crippen molar-refractivity contribution in [3.63, 3.8) is 0 Å². The standard InChI is InChI=1S/C28H33FN5O9P/c1-17(26(38)40-15-27(2,3)4)31-44(39,43-21-11-7-9-18-8-5-6-10-20(18)21)41-16-28(32-33-30)24(37)23(29)25(42-28)34-13-12-19(35)14-22(34)36/h5-13,17,23-25,37H,14-16H2,1-4H3,(H,31,39)/t17-,23+,24-,25+,28+,44?/m0/s1. The molecule has 1 unspecified atom stereocenters. The van der Waals surface area contributed by atoms with E-state index >= 15 is 4.39 Å². The maximum absolute atomic E-state index is 15.4. The molecule has 0 aliphatic carbocycles. The van der Waals surface area contributed by atoms with Gasteiger partial charge in [0.25, 0.3) is 0 Å². The minimum absolute atomic E-state index is 0.0573. The van der Waals surface area contributed by atoms with Crippen molar-refractivity contribution in [2.75, 3.05) is 13.2 Å². The van der Waals surface area contributed by atoms with E-state index in [0.29, 0.717) is 5.39 Å². The van der Waals surface area contributed by atoms with Crippen LogP contribution in [0.15, 0.2) is 59.9 Å². The zero-order valence-electron chi connectivity index (χ0n) is 24.5. The van der Waals surface area contributed by atoms with E-state index in [0.717, 1.165) is 22.6 Å². The number of esters is 1. The van der Waals surface area contributed by atoms with Crippen molar-refractivity contribution in [3.8, 4) is 5.75 Å². The number of carbonyl (C=O) groups is 3. The van der Waals surface area contributed by atoms with Crippen molar-refractivity contribution in [3.05, 3.63) is 65.2 Å². The Labute approximate surface area is 252 Å². The first-order valence-corrected chi connectivity index (χ1v) is 15.2. The van der Waals surface area contributed by atoms with E-state index in [4.69, 9.17) is 18.5 Å². The van der Waals surface area contributed by atoms with E-state index in [1.54, 1.807) is 36.4 Å². The van der Waals surface area contributed by atoms with E-state index in [2.05, 4.69) is 15.1 Å². The zero-order valence-corrected chi connectivity index (χ0v) is 25.3. The molecule has 16 heteroatoms. The predicted molar refractivity (Wildman–Crippen MR) is 154 cm³/mol. The summed E-state index contributed by atoms with van der Waals surface area (Å²) >= 11 is 0. The number of aliphatic hydroxyl groups excluding tert-OH is 1. The number of halogens is 1. The number of aliphatic hydroxyl groups is 1. The molecule has 0 bridgehead atoms. The van der Waals surface area contributed by atoms with Gasteiger partial charge in [-0.05, 0) is 35.4 Å². The minimum Gasteiger partial charge on any atom is -0.464 e. The molecule has 236 valence electrons. The van der Waals surface area contributed by atoms with Gasteiger partial charge in [0, 0.05) is 16.5 Å². The average molecular weight is 634 g/mol. The second kappa shape index (κ2) is 13.0. The lowest BCUT2D eigenvalue weighted by molar-refractivity contribution is -0.157. The van der Waals surface area contributed by atoms with Crippen molar-refractivity contribution in [2.45, 2.75) is 64.4 Å². The van der Waals surface area contributed by atoms with Crippen LogP contribution in [0, 0.1) is 5.41 Å². The Hall–Kier alpha value is -3.84. The van der Waals surface area contributed by atoms with Crippen LogP contribution in [-0.2, 0) is 32.9 Å². The van der Waals surface area contributed by atoms with Crippen molar-refractivity contribution >= 4 is 36.2 Å². The Bertz CT molecular complexity index is 1550. The SMILES string of the molecule is C[C@H](NP(=O)(OC[C@@]1(N=[N+]=[N-])O[C@@H](N2C=CC(=O)CC2=O)[C@H](F)[C@@H]1O)Oc1cccc2ccccc12)C(=O)OCC(C)(C)C. The van der Waals surface area contributed by atoms with Crippen LogP contribution in [0.5, 0.6) is 5.75 Å². The molecule has 1 amide bonds. The molecule has 2 heterocycles. The molecule has 2 aromatic rings. The lowest BCUT2D eigenvalue weighted by Gasteiger charge is -2.31. The maximum Gasteiger partial charge on any atom is 0.459 e. The molecule has 2 aromatic carbocycles. The number of hydrogen-bond donors (Lipinski definition) is 2. The van der Waals surface area contributed by atoms with Gasteiger partial charge in [-0.3, -0.25) is 23.8 Å². The average Bonchev–Trinajstić information content (AvgIpc) is 3.20. The molecule has 14 nitrogen and oxygen atoms in total. The van der Waals surface area contributed by atoms with Crippen LogP contribution in [0.4, 0.5) is 4.39 Å². The molecule has 0 aromatic heterocycles. The first kappa shape index (κ1) is 33.1. The van der Waals surface area contributed by atoms with Crippen LogP contribution >= 0.6 is 7.75 Å². The highest BCUT2D eigenvalue weighted by atomic mass is 31.2. The summed E-state index contributed by atoms with van der Waals surface area (Å²) in [5.41, 5.74) is 6.38. The smallest absolute Gasteiger partial charge is 0.459 e. The zero-order chi connectivity index (χ0) is 32.3. The molecule has 2 N–H and O–H groups in total. The van der Waals surface area contributed by atoms with Crippen LogP contribution in [0.3, 0.4) is 0 Å². The van der Waals surface area contributed by atoms with E-state index < -0.39 is 68.7 Å². The summed E-state index contributed by atoms with van der Waals surface area (Å²) in [4.78, 5) is 40.2. The summed E-state index contributed by atoms with van der Waals surface area (Å²) in [6, 6.07) is 10.7. The molecule has 1 saturated heterocycles. The van der Waals surface area contributed by atoms with Crippen molar-refractivity contribution in [1.82, 2.24) is 9.99 Å². The van der Waals surface area contributed by atoms with Crippen LogP contribution in [0.2, 0.25) is 0 Å². The number of fused-ring (bicyclic) bond motifs is 1. The lowest BCUT2D eigenvalue weighted by atomic mass is 9.99. The molecule has 4 rings (SSSR count). The molecular weight excluding hydrogens is 600 g/mol. The largest absolute Gasteiger partial charge is 0.464 e. The van der Waals surface area contributed by atoms with Gasteiger partial charge in [0.05, 0.1) is 19.6 Å². The lowest BCUT2D eigenvalue weighted by Crippen LogP contribution is -2.45. The van der Waals surface area contributed by atoms with Gasteiger partial charge in [-0.1, -0.05) is 62.3 Å². The highest BCUT2D eigenvalue weighted by Gasteiger charge is 2.59. The predicted octanol–water partition coefficient (Wildman–Crippen LogP) is 4.29. The van der Waals surface area contributed by atoms with Crippen LogP contribution in [-0.4, -0.2) is 71.2 Å². The number of amides is 1. The third-order valence-electron chi connectivity index (χ3n) is 6.65. The summed E-state index contributed by atoms with van der Waals surface area (Å²) in [5, 5.41) is 18.0. The first-order valence-electron chi connectivity index (χ1n) is 13.6. The number of carbonyl (C=O) groups excluding carboxylic acids is 3. The number of nitrogens with one attached hydrogen (secondary N) is 1. The van der Waals surface area contributed by atoms with Crippen LogP contribution in [0.25, 0.3) is 21.2 Å². The Morgan fingerprint density at radius 2 is 2.00 bits per heavy atom. The summed E-state index contributed by atoms with van der Waals surface area (Å²) < 4.78 is 52.0. The molecule has 44 heavy (non-hydrogen) atoms. The fourth-order valence-electron chi connectivity index (χ4n) is 4.41. The van der Waals surface area contributed by atoms with E-state index in [1.165, 1.54) is 13.0 Å².